The minimum atomic E-state index is -0.134. The summed E-state index contributed by atoms with van der Waals surface area (Å²) in [6.45, 7) is 0.497. The second-order valence-corrected chi connectivity index (χ2v) is 5.12. The van der Waals surface area contributed by atoms with Crippen molar-refractivity contribution in [2.75, 3.05) is 5.32 Å². The fourth-order valence-corrected chi connectivity index (χ4v) is 2.20. The van der Waals surface area contributed by atoms with Gasteiger partial charge in [0, 0.05) is 17.3 Å². The van der Waals surface area contributed by atoms with Gasteiger partial charge < -0.3 is 10.1 Å². The Hall–Kier alpha value is -3.07. The Morgan fingerprint density at radius 1 is 0.826 bits per heavy atom. The van der Waals surface area contributed by atoms with Gasteiger partial charge in [0.25, 0.3) is 5.91 Å². The summed E-state index contributed by atoms with van der Waals surface area (Å²) in [5.74, 6) is 0.588. The maximum atomic E-state index is 12.2. The second-order valence-electron chi connectivity index (χ2n) is 5.12. The number of carbonyl (C=O) groups excluding carboxylic acids is 1. The van der Waals surface area contributed by atoms with Crippen molar-refractivity contribution in [3.05, 3.63) is 96.1 Å². The predicted octanol–water partition coefficient (Wildman–Crippen LogP) is 4.52. The molecule has 0 fully saturated rings. The van der Waals surface area contributed by atoms with E-state index in [1.807, 2.05) is 72.8 Å². The topological polar surface area (TPSA) is 38.3 Å². The van der Waals surface area contributed by atoms with Gasteiger partial charge in [-0.3, -0.25) is 4.79 Å². The maximum Gasteiger partial charge on any atom is 0.255 e. The number of benzene rings is 3. The zero-order chi connectivity index (χ0) is 15.9. The Morgan fingerprint density at radius 2 is 1.52 bits per heavy atom. The summed E-state index contributed by atoms with van der Waals surface area (Å²) in [4.78, 5) is 12.2. The molecule has 1 amide bonds. The van der Waals surface area contributed by atoms with Crippen LogP contribution in [0.3, 0.4) is 0 Å². The van der Waals surface area contributed by atoms with Gasteiger partial charge in [-0.25, -0.2) is 0 Å². The van der Waals surface area contributed by atoms with Crippen LogP contribution >= 0.6 is 0 Å². The van der Waals surface area contributed by atoms with Crippen molar-refractivity contribution in [2.45, 2.75) is 6.61 Å². The van der Waals surface area contributed by atoms with Crippen LogP contribution in [0.15, 0.2) is 84.9 Å². The molecular formula is C20H17NO2. The van der Waals surface area contributed by atoms with Gasteiger partial charge in [0.1, 0.15) is 12.4 Å². The van der Waals surface area contributed by atoms with Gasteiger partial charge in [0.15, 0.2) is 0 Å². The fourth-order valence-electron chi connectivity index (χ4n) is 2.20. The van der Waals surface area contributed by atoms with Crippen molar-refractivity contribution < 1.29 is 9.53 Å². The third kappa shape index (κ3) is 4.20. The summed E-state index contributed by atoms with van der Waals surface area (Å²) in [5.41, 5.74) is 2.44. The molecule has 3 heteroatoms. The lowest BCUT2D eigenvalue weighted by Gasteiger charge is -2.09. The van der Waals surface area contributed by atoms with Crippen LogP contribution in [0.4, 0.5) is 5.69 Å². The van der Waals surface area contributed by atoms with E-state index in [1.54, 1.807) is 12.1 Å². The van der Waals surface area contributed by atoms with Crippen LogP contribution in [0.25, 0.3) is 0 Å². The minimum Gasteiger partial charge on any atom is -0.489 e. The first kappa shape index (κ1) is 14.9. The van der Waals surface area contributed by atoms with Crippen LogP contribution in [0.1, 0.15) is 15.9 Å². The average molecular weight is 303 g/mol. The van der Waals surface area contributed by atoms with E-state index >= 15 is 0 Å². The normalized spacial score (nSPS) is 10.1. The molecule has 0 heterocycles. The van der Waals surface area contributed by atoms with E-state index in [0.717, 1.165) is 11.3 Å². The van der Waals surface area contributed by atoms with Gasteiger partial charge in [0.2, 0.25) is 0 Å². The standard InChI is InChI=1S/C20H17NO2/c22-20(17-10-5-2-6-11-17)21-18-12-7-13-19(14-18)23-15-16-8-3-1-4-9-16/h1-14H,15H2,(H,21,22). The number of hydrogen-bond donors (Lipinski definition) is 1. The van der Waals surface area contributed by atoms with E-state index in [9.17, 15) is 4.79 Å². The van der Waals surface area contributed by atoms with Gasteiger partial charge in [-0.15, -0.1) is 0 Å². The SMILES string of the molecule is O=C(Nc1cccc(OCc2ccccc2)c1)c1ccccc1. The Kier molecular flexibility index (Phi) is 4.69. The number of anilines is 1. The van der Waals surface area contributed by atoms with Crippen LogP contribution in [-0.2, 0) is 6.61 Å². The van der Waals surface area contributed by atoms with E-state index in [-0.39, 0.29) is 5.91 Å². The fraction of sp³-hybridized carbons (Fsp3) is 0.0500. The predicted molar refractivity (Wildman–Crippen MR) is 91.6 cm³/mol. The number of rotatable bonds is 5. The summed E-state index contributed by atoms with van der Waals surface area (Å²) in [6, 6.07) is 26.5. The Morgan fingerprint density at radius 3 is 2.26 bits per heavy atom. The first-order chi connectivity index (χ1) is 11.3. The van der Waals surface area contributed by atoms with Gasteiger partial charge in [-0.2, -0.15) is 0 Å². The molecule has 114 valence electrons. The van der Waals surface area contributed by atoms with Gasteiger partial charge in [-0.1, -0.05) is 54.6 Å². The van der Waals surface area contributed by atoms with Crippen molar-refractivity contribution in [1.82, 2.24) is 0 Å². The van der Waals surface area contributed by atoms with Crippen molar-refractivity contribution >= 4 is 11.6 Å². The lowest BCUT2D eigenvalue weighted by Crippen LogP contribution is -2.11. The first-order valence-electron chi connectivity index (χ1n) is 7.44. The summed E-state index contributed by atoms with van der Waals surface area (Å²) < 4.78 is 5.77. The zero-order valence-electron chi connectivity index (χ0n) is 12.6. The molecule has 3 rings (SSSR count). The molecule has 0 aliphatic carbocycles. The highest BCUT2D eigenvalue weighted by Gasteiger charge is 2.05. The zero-order valence-corrected chi connectivity index (χ0v) is 12.6. The molecule has 0 aliphatic rings. The number of hydrogen-bond acceptors (Lipinski definition) is 2. The monoisotopic (exact) mass is 303 g/mol. The molecular weight excluding hydrogens is 286 g/mol. The molecule has 0 atom stereocenters. The van der Waals surface area contributed by atoms with Crippen molar-refractivity contribution in [3.8, 4) is 5.75 Å². The number of ether oxygens (including phenoxy) is 1. The van der Waals surface area contributed by atoms with Crippen LogP contribution in [0.2, 0.25) is 0 Å². The number of carbonyl (C=O) groups is 1. The third-order valence-electron chi connectivity index (χ3n) is 3.38. The third-order valence-corrected chi connectivity index (χ3v) is 3.38. The van der Waals surface area contributed by atoms with E-state index in [1.165, 1.54) is 0 Å². The lowest BCUT2D eigenvalue weighted by molar-refractivity contribution is 0.102. The van der Waals surface area contributed by atoms with Crippen LogP contribution < -0.4 is 10.1 Å². The highest BCUT2D eigenvalue weighted by Crippen LogP contribution is 2.19. The van der Waals surface area contributed by atoms with Crippen LogP contribution in [0, 0.1) is 0 Å². The molecule has 0 unspecified atom stereocenters. The highest BCUT2D eigenvalue weighted by molar-refractivity contribution is 6.04. The smallest absolute Gasteiger partial charge is 0.255 e. The van der Waals surface area contributed by atoms with E-state index in [2.05, 4.69) is 5.32 Å². The first-order valence-corrected chi connectivity index (χ1v) is 7.44. The van der Waals surface area contributed by atoms with Crippen molar-refractivity contribution in [2.24, 2.45) is 0 Å². The van der Waals surface area contributed by atoms with Gasteiger partial charge in [-0.05, 0) is 29.8 Å². The average Bonchev–Trinajstić information content (AvgIpc) is 2.62. The molecule has 0 aromatic heterocycles. The van der Waals surface area contributed by atoms with E-state index < -0.39 is 0 Å². The molecule has 3 nitrogen and oxygen atoms in total. The highest BCUT2D eigenvalue weighted by atomic mass is 16.5. The second kappa shape index (κ2) is 7.27. The Bertz CT molecular complexity index is 770. The molecule has 0 aliphatic heterocycles. The van der Waals surface area contributed by atoms with Gasteiger partial charge in [0.05, 0.1) is 0 Å². The number of amides is 1. The molecule has 0 radical (unpaired) electrons. The minimum absolute atomic E-state index is 0.134. The molecule has 3 aromatic rings. The van der Waals surface area contributed by atoms with Gasteiger partial charge >= 0.3 is 0 Å². The summed E-state index contributed by atoms with van der Waals surface area (Å²) in [5, 5.41) is 2.88. The maximum absolute atomic E-state index is 12.2. The van der Waals surface area contributed by atoms with Crippen LogP contribution in [-0.4, -0.2) is 5.91 Å². The summed E-state index contributed by atoms with van der Waals surface area (Å²) in [7, 11) is 0. The van der Waals surface area contributed by atoms with Crippen molar-refractivity contribution in [1.29, 1.82) is 0 Å². The van der Waals surface area contributed by atoms with Crippen molar-refractivity contribution in [3.63, 3.8) is 0 Å². The molecule has 0 saturated carbocycles. The molecule has 0 bridgehead atoms. The Balaban J connectivity index is 1.64. The lowest BCUT2D eigenvalue weighted by atomic mass is 10.2. The number of nitrogens with one attached hydrogen (secondary N) is 1. The molecule has 0 spiro atoms. The molecule has 0 saturated heterocycles. The summed E-state index contributed by atoms with van der Waals surface area (Å²) in [6.07, 6.45) is 0. The van der Waals surface area contributed by atoms with Crippen LogP contribution in [0.5, 0.6) is 5.75 Å². The van der Waals surface area contributed by atoms with E-state index in [0.29, 0.717) is 17.9 Å². The largest absolute Gasteiger partial charge is 0.489 e. The molecule has 1 N–H and O–H groups in total. The summed E-state index contributed by atoms with van der Waals surface area (Å²) >= 11 is 0. The van der Waals surface area contributed by atoms with E-state index in [4.69, 9.17) is 4.74 Å². The molecule has 3 aromatic carbocycles. The Labute approximate surface area is 135 Å². The quantitative estimate of drug-likeness (QED) is 0.752. The molecule has 23 heavy (non-hydrogen) atoms.